The molecule has 36 heavy (non-hydrogen) atoms. The molecule has 0 saturated carbocycles. The van der Waals surface area contributed by atoms with Crippen molar-refractivity contribution in [2.45, 2.75) is 52.2 Å². The number of nitrogens with zero attached hydrogens (tertiary/aromatic N) is 2. The lowest BCUT2D eigenvalue weighted by Crippen LogP contribution is -2.55. The maximum Gasteiger partial charge on any atom is 0.244 e. The lowest BCUT2D eigenvalue weighted by Gasteiger charge is -2.34. The zero-order valence-electron chi connectivity index (χ0n) is 20.6. The molecule has 0 heterocycles. The number of amides is 2. The van der Waals surface area contributed by atoms with Gasteiger partial charge in [0.1, 0.15) is 18.4 Å². The topological polar surface area (TPSA) is 86.8 Å². The minimum absolute atomic E-state index is 0.0129. The smallest absolute Gasteiger partial charge is 0.244 e. The average Bonchev–Trinajstić information content (AvgIpc) is 2.74. The summed E-state index contributed by atoms with van der Waals surface area (Å²) in [5.41, 5.74) is 0.0429. The maximum absolute atomic E-state index is 13.7. The highest BCUT2D eigenvalue weighted by molar-refractivity contribution is 7.92. The first-order chi connectivity index (χ1) is 16.5. The summed E-state index contributed by atoms with van der Waals surface area (Å²) in [5, 5.41) is 3.17. The predicted octanol–water partition coefficient (Wildman–Crippen LogP) is 5.27. The monoisotopic (exact) mass is 579 g/mol. The number of carbonyl (C=O) groups is 2. The van der Waals surface area contributed by atoms with Crippen LogP contribution in [0.2, 0.25) is 15.1 Å². The van der Waals surface area contributed by atoms with Crippen LogP contribution < -0.4 is 9.62 Å². The van der Waals surface area contributed by atoms with E-state index in [1.54, 1.807) is 25.1 Å². The van der Waals surface area contributed by atoms with E-state index in [9.17, 15) is 22.4 Å². The van der Waals surface area contributed by atoms with Crippen LogP contribution in [0.25, 0.3) is 0 Å². The minimum atomic E-state index is -3.98. The number of halogens is 4. The highest BCUT2D eigenvalue weighted by Gasteiger charge is 2.33. The molecule has 1 atom stereocenters. The first kappa shape index (κ1) is 30.2. The average molecular weight is 581 g/mol. The van der Waals surface area contributed by atoms with Crippen molar-refractivity contribution in [2.75, 3.05) is 17.1 Å². The standard InChI is InChI=1S/C24H29Cl3FN3O4S/c1-6-21(23(33)29-24(2,3)4)30(13-15-7-9-17(25)18(26)11-15)22(32)14-31(36(5,34)35)16-8-10-20(28)19(27)12-16/h7-12,21H,6,13-14H2,1-5H3,(H,29,33)/t21-/m1/s1. The van der Waals surface area contributed by atoms with E-state index >= 15 is 0 Å². The van der Waals surface area contributed by atoms with Gasteiger partial charge in [0, 0.05) is 12.1 Å². The Kier molecular flexibility index (Phi) is 10.0. The Bertz CT molecular complexity index is 1240. The van der Waals surface area contributed by atoms with Crippen LogP contribution in [0.15, 0.2) is 36.4 Å². The third-order valence-electron chi connectivity index (χ3n) is 5.09. The largest absolute Gasteiger partial charge is 0.350 e. The van der Waals surface area contributed by atoms with Gasteiger partial charge in [-0.2, -0.15) is 0 Å². The quantitative estimate of drug-likeness (QED) is 0.438. The van der Waals surface area contributed by atoms with E-state index in [0.717, 1.165) is 22.7 Å². The molecule has 0 spiro atoms. The van der Waals surface area contributed by atoms with Crippen molar-refractivity contribution >= 4 is 62.3 Å². The number of hydrogen-bond acceptors (Lipinski definition) is 4. The van der Waals surface area contributed by atoms with Crippen molar-refractivity contribution in [3.63, 3.8) is 0 Å². The molecular weight excluding hydrogens is 552 g/mol. The predicted molar refractivity (Wildman–Crippen MR) is 143 cm³/mol. The summed E-state index contributed by atoms with van der Waals surface area (Å²) in [4.78, 5) is 28.1. The number of sulfonamides is 1. The van der Waals surface area contributed by atoms with Crippen molar-refractivity contribution in [3.8, 4) is 0 Å². The van der Waals surface area contributed by atoms with Crippen molar-refractivity contribution in [1.82, 2.24) is 10.2 Å². The van der Waals surface area contributed by atoms with Crippen LogP contribution in [-0.2, 0) is 26.2 Å². The van der Waals surface area contributed by atoms with Crippen LogP contribution in [0.5, 0.6) is 0 Å². The summed E-state index contributed by atoms with van der Waals surface area (Å²) in [6.07, 6.45) is 1.18. The fourth-order valence-corrected chi connectivity index (χ4v) is 4.80. The van der Waals surface area contributed by atoms with Crippen molar-refractivity contribution in [3.05, 3.63) is 62.8 Å². The molecule has 2 aromatic rings. The molecule has 0 radical (unpaired) electrons. The van der Waals surface area contributed by atoms with E-state index < -0.39 is 45.8 Å². The Hall–Kier alpha value is -2.07. The van der Waals surface area contributed by atoms with Gasteiger partial charge < -0.3 is 10.2 Å². The molecule has 0 aromatic heterocycles. The minimum Gasteiger partial charge on any atom is -0.350 e. The van der Waals surface area contributed by atoms with E-state index in [0.29, 0.717) is 10.6 Å². The molecule has 2 amide bonds. The number of rotatable bonds is 9. The second kappa shape index (κ2) is 12.0. The van der Waals surface area contributed by atoms with Crippen LogP contribution in [-0.4, -0.2) is 49.5 Å². The Balaban J connectivity index is 2.50. The normalized spacial score (nSPS) is 12.7. The molecule has 0 fully saturated rings. The summed E-state index contributed by atoms with van der Waals surface area (Å²) in [7, 11) is -3.98. The van der Waals surface area contributed by atoms with Crippen molar-refractivity contribution in [2.24, 2.45) is 0 Å². The van der Waals surface area contributed by atoms with Gasteiger partial charge in [-0.05, 0) is 63.1 Å². The van der Waals surface area contributed by atoms with Crippen LogP contribution >= 0.6 is 34.8 Å². The van der Waals surface area contributed by atoms with Crippen LogP contribution in [0.1, 0.15) is 39.7 Å². The summed E-state index contributed by atoms with van der Waals surface area (Å²) in [6, 6.07) is 7.25. The number of nitrogens with one attached hydrogen (secondary N) is 1. The molecule has 2 aromatic carbocycles. The highest BCUT2D eigenvalue weighted by Crippen LogP contribution is 2.26. The van der Waals surface area contributed by atoms with E-state index in [-0.39, 0.29) is 28.7 Å². The van der Waals surface area contributed by atoms with Crippen molar-refractivity contribution in [1.29, 1.82) is 0 Å². The Morgan fingerprint density at radius 2 is 1.67 bits per heavy atom. The zero-order valence-corrected chi connectivity index (χ0v) is 23.7. The molecule has 0 unspecified atom stereocenters. The summed E-state index contributed by atoms with van der Waals surface area (Å²) < 4.78 is 39.7. The third kappa shape index (κ3) is 8.23. The summed E-state index contributed by atoms with van der Waals surface area (Å²) in [6.45, 7) is 6.51. The Labute approximate surface area is 226 Å². The lowest BCUT2D eigenvalue weighted by atomic mass is 10.1. The van der Waals surface area contributed by atoms with Crippen LogP contribution in [0.4, 0.5) is 10.1 Å². The van der Waals surface area contributed by atoms with Gasteiger partial charge in [-0.15, -0.1) is 0 Å². The SMILES string of the molecule is CC[C@H](C(=O)NC(C)(C)C)N(Cc1ccc(Cl)c(Cl)c1)C(=O)CN(c1ccc(F)c(Cl)c1)S(C)(=O)=O. The van der Waals surface area contributed by atoms with Gasteiger partial charge in [0.15, 0.2) is 0 Å². The third-order valence-corrected chi connectivity index (χ3v) is 7.26. The second-order valence-corrected chi connectivity index (χ2v) is 12.4. The number of benzene rings is 2. The first-order valence-electron chi connectivity index (χ1n) is 11.0. The molecule has 0 aliphatic heterocycles. The molecule has 0 aliphatic carbocycles. The summed E-state index contributed by atoms with van der Waals surface area (Å²) in [5.74, 6) is -1.77. The van der Waals surface area contributed by atoms with Gasteiger partial charge in [-0.1, -0.05) is 47.8 Å². The molecule has 0 saturated heterocycles. The molecule has 7 nitrogen and oxygen atoms in total. The fourth-order valence-electron chi connectivity index (χ4n) is 3.46. The van der Waals surface area contributed by atoms with E-state index in [4.69, 9.17) is 34.8 Å². The van der Waals surface area contributed by atoms with E-state index in [1.165, 1.54) is 11.0 Å². The van der Waals surface area contributed by atoms with Gasteiger partial charge in [0.25, 0.3) is 0 Å². The van der Waals surface area contributed by atoms with Crippen LogP contribution in [0.3, 0.4) is 0 Å². The Morgan fingerprint density at radius 1 is 1.03 bits per heavy atom. The summed E-state index contributed by atoms with van der Waals surface area (Å²) >= 11 is 18.0. The van der Waals surface area contributed by atoms with Crippen molar-refractivity contribution < 1.29 is 22.4 Å². The number of hydrogen-bond donors (Lipinski definition) is 1. The van der Waals surface area contributed by atoms with Gasteiger partial charge in [0.2, 0.25) is 21.8 Å². The molecule has 2 rings (SSSR count). The Morgan fingerprint density at radius 3 is 2.17 bits per heavy atom. The fraction of sp³-hybridized carbons (Fsp3) is 0.417. The van der Waals surface area contributed by atoms with Gasteiger partial charge in [-0.3, -0.25) is 13.9 Å². The molecule has 198 valence electrons. The molecule has 12 heteroatoms. The second-order valence-electron chi connectivity index (χ2n) is 9.30. The maximum atomic E-state index is 13.7. The molecular formula is C24H29Cl3FN3O4S. The van der Waals surface area contributed by atoms with Gasteiger partial charge >= 0.3 is 0 Å². The zero-order chi connectivity index (χ0) is 27.4. The van der Waals surface area contributed by atoms with E-state index in [1.807, 2.05) is 20.8 Å². The van der Waals surface area contributed by atoms with Gasteiger partial charge in [-0.25, -0.2) is 12.8 Å². The molecule has 0 aliphatic rings. The highest BCUT2D eigenvalue weighted by atomic mass is 35.5. The lowest BCUT2D eigenvalue weighted by molar-refractivity contribution is -0.141. The number of carbonyl (C=O) groups excluding carboxylic acids is 2. The number of anilines is 1. The van der Waals surface area contributed by atoms with E-state index in [2.05, 4.69) is 5.32 Å². The van der Waals surface area contributed by atoms with Crippen LogP contribution in [0, 0.1) is 5.82 Å². The van der Waals surface area contributed by atoms with Gasteiger partial charge in [0.05, 0.1) is 27.0 Å². The first-order valence-corrected chi connectivity index (χ1v) is 14.0. The molecule has 1 N–H and O–H groups in total. The molecule has 0 bridgehead atoms.